The van der Waals surface area contributed by atoms with Crippen molar-refractivity contribution < 1.29 is 46.1 Å². The van der Waals surface area contributed by atoms with Crippen molar-refractivity contribution in [3.63, 3.8) is 0 Å². The molecule has 0 saturated carbocycles. The van der Waals surface area contributed by atoms with Crippen LogP contribution in [0, 0.1) is 0 Å². The van der Waals surface area contributed by atoms with Crippen LogP contribution in [0.25, 0.3) is 23.3 Å². The van der Waals surface area contributed by atoms with E-state index in [2.05, 4.69) is 105 Å². The average Bonchev–Trinajstić information content (AvgIpc) is 3.49. The van der Waals surface area contributed by atoms with E-state index in [0.717, 1.165) is 12.8 Å². The van der Waals surface area contributed by atoms with E-state index in [9.17, 15) is 0 Å². The van der Waals surface area contributed by atoms with Gasteiger partial charge in [0.15, 0.2) is 0 Å². The van der Waals surface area contributed by atoms with E-state index in [4.69, 9.17) is 0 Å². The summed E-state index contributed by atoms with van der Waals surface area (Å²) < 4.78 is 3.92. The quantitative estimate of drug-likeness (QED) is 0.432. The molecular formula is C31H28Cl2Zr. The van der Waals surface area contributed by atoms with Crippen molar-refractivity contribution in [2.45, 2.75) is 23.4 Å². The van der Waals surface area contributed by atoms with Gasteiger partial charge in [-0.05, 0) is 0 Å². The molecule has 0 aromatic heterocycles. The summed E-state index contributed by atoms with van der Waals surface area (Å²) in [5, 5.41) is 0. The van der Waals surface area contributed by atoms with E-state index in [1.807, 2.05) is 12.2 Å². The summed E-state index contributed by atoms with van der Waals surface area (Å²) in [5.41, 5.74) is 9.62. The van der Waals surface area contributed by atoms with Crippen molar-refractivity contribution in [1.82, 2.24) is 0 Å². The van der Waals surface area contributed by atoms with Crippen molar-refractivity contribution in [2.24, 2.45) is 0 Å². The molecule has 0 nitrogen and oxygen atoms in total. The van der Waals surface area contributed by atoms with Crippen LogP contribution in [0.5, 0.6) is 0 Å². The molecule has 3 aromatic carbocycles. The molecule has 0 fully saturated rings. The zero-order valence-electron chi connectivity index (χ0n) is 19.4. The Kier molecular flexibility index (Phi) is 9.05. The molecule has 0 heterocycles. The van der Waals surface area contributed by atoms with Crippen LogP contribution < -0.4 is 24.8 Å². The number of hydrogen-bond acceptors (Lipinski definition) is 0. The molecule has 3 heteroatoms. The van der Waals surface area contributed by atoms with Crippen molar-refractivity contribution >= 4 is 15.4 Å². The topological polar surface area (TPSA) is 0 Å². The molecule has 0 N–H and O–H groups in total. The number of halogens is 2. The van der Waals surface area contributed by atoms with Gasteiger partial charge < -0.3 is 24.8 Å². The third kappa shape index (κ3) is 4.72. The molecule has 0 aliphatic heterocycles. The van der Waals surface area contributed by atoms with Crippen LogP contribution in [0.2, 0.25) is 0 Å². The van der Waals surface area contributed by atoms with E-state index in [1.165, 1.54) is 38.9 Å². The van der Waals surface area contributed by atoms with E-state index in [0.29, 0.717) is 3.63 Å². The second-order valence-electron chi connectivity index (χ2n) is 8.47. The first-order chi connectivity index (χ1) is 15.7. The first-order valence-corrected chi connectivity index (χ1v) is 15.3. The summed E-state index contributed by atoms with van der Waals surface area (Å²) in [5.74, 6) is 0. The standard InChI is InChI=1S/C17H13.C9H10.C5H5.2ClH.Zr/c1-3-12-5-7-14-11-15-8-6-13(4-2)10-17(15)16(14)9-12;1-2-6-9-7-4-3-5-8-9;1-2-4-5-3-1;;;/h3-11H,1-2H2;3-5,7-8H,2H2,1H3;1-3H,4H2;2*1H;/q;;;;;+2/p-2. The fourth-order valence-electron chi connectivity index (χ4n) is 5.24. The minimum Gasteiger partial charge on any atom is -1.00 e. The molecule has 0 bridgehead atoms. The van der Waals surface area contributed by atoms with Gasteiger partial charge in [0.05, 0.1) is 0 Å². The summed E-state index contributed by atoms with van der Waals surface area (Å²) in [6, 6.07) is 25.1. The maximum absolute atomic E-state index is 4.02. The van der Waals surface area contributed by atoms with Crippen LogP contribution >= 0.6 is 0 Å². The Morgan fingerprint density at radius 1 is 0.882 bits per heavy atom. The van der Waals surface area contributed by atoms with Gasteiger partial charge in [-0.2, -0.15) is 0 Å². The molecule has 34 heavy (non-hydrogen) atoms. The van der Waals surface area contributed by atoms with Gasteiger partial charge >= 0.3 is 200 Å². The Balaban J connectivity index is 0.00000162. The fraction of sp³-hybridized carbons (Fsp3) is 0.129. The van der Waals surface area contributed by atoms with Gasteiger partial charge in [0.1, 0.15) is 0 Å². The Morgan fingerprint density at radius 2 is 1.47 bits per heavy atom. The summed E-state index contributed by atoms with van der Waals surface area (Å²) in [4.78, 5) is 0. The van der Waals surface area contributed by atoms with Crippen LogP contribution in [0.3, 0.4) is 0 Å². The molecule has 0 amide bonds. The smallest absolute Gasteiger partial charge is 1.00 e. The second kappa shape index (κ2) is 11.6. The van der Waals surface area contributed by atoms with Crippen LogP contribution in [-0.4, -0.2) is 3.21 Å². The summed E-state index contributed by atoms with van der Waals surface area (Å²) >= 11 is -2.32. The van der Waals surface area contributed by atoms with Gasteiger partial charge in [-0.1, -0.05) is 0 Å². The second-order valence-corrected chi connectivity index (χ2v) is 15.0. The van der Waals surface area contributed by atoms with E-state index in [-0.39, 0.29) is 24.8 Å². The van der Waals surface area contributed by atoms with Gasteiger partial charge in [-0.15, -0.1) is 0 Å². The van der Waals surface area contributed by atoms with E-state index in [1.54, 1.807) is 6.49 Å². The molecule has 0 radical (unpaired) electrons. The largest absolute Gasteiger partial charge is 1.00 e. The maximum atomic E-state index is 4.02. The Labute approximate surface area is 223 Å². The summed E-state index contributed by atoms with van der Waals surface area (Å²) in [6.07, 6.45) is 13.2. The number of fused-ring (bicyclic) bond motifs is 3. The molecule has 0 spiro atoms. The Hall–Kier alpha value is -2.05. The van der Waals surface area contributed by atoms with Gasteiger partial charge in [-0.3, -0.25) is 0 Å². The van der Waals surface area contributed by atoms with Gasteiger partial charge in [0, 0.05) is 0 Å². The van der Waals surface area contributed by atoms with Crippen molar-refractivity contribution in [2.75, 3.05) is 0 Å². The molecule has 0 atom stereocenters. The number of hydrogen-bond donors (Lipinski definition) is 0. The monoisotopic (exact) mass is 560 g/mol. The van der Waals surface area contributed by atoms with Gasteiger partial charge in [0.25, 0.3) is 0 Å². The van der Waals surface area contributed by atoms with Crippen LogP contribution in [0.15, 0.2) is 101 Å². The third-order valence-corrected chi connectivity index (χ3v) is 15.5. The summed E-state index contributed by atoms with van der Waals surface area (Å²) in [7, 11) is 0. The first kappa shape index (κ1) is 26.6. The van der Waals surface area contributed by atoms with E-state index < -0.39 is 21.3 Å². The normalized spacial score (nSPS) is 13.7. The van der Waals surface area contributed by atoms with Crippen LogP contribution in [0.4, 0.5) is 0 Å². The first-order valence-electron chi connectivity index (χ1n) is 11.4. The van der Waals surface area contributed by atoms with Crippen LogP contribution in [-0.2, 0) is 21.3 Å². The number of benzene rings is 3. The zero-order valence-corrected chi connectivity index (χ0v) is 23.4. The SMILES string of the molecule is C=Cc1ccc2c(c1)-c1cc(C=C)ccc1[CH]2/[Zr+2]([C]1=CC=CC1)=[C](\CC)c1ccccc1.[Cl-].[Cl-]. The fourth-order valence-corrected chi connectivity index (χ4v) is 14.3. The molecule has 170 valence electrons. The minimum atomic E-state index is -2.32. The molecule has 2 aliphatic rings. The average molecular weight is 563 g/mol. The maximum Gasteiger partial charge on any atom is -1.00 e. The molecule has 0 saturated heterocycles. The van der Waals surface area contributed by atoms with Crippen molar-refractivity contribution in [3.05, 3.63) is 129 Å². The van der Waals surface area contributed by atoms with Gasteiger partial charge in [0.2, 0.25) is 0 Å². The van der Waals surface area contributed by atoms with Crippen LogP contribution in [0.1, 0.15) is 51.2 Å². The number of allylic oxidation sites excluding steroid dienone is 4. The van der Waals surface area contributed by atoms with Crippen molar-refractivity contribution in [1.29, 1.82) is 0 Å². The minimum absolute atomic E-state index is 0. The predicted molar refractivity (Wildman–Crippen MR) is 137 cm³/mol. The predicted octanol–water partition coefficient (Wildman–Crippen LogP) is 2.14. The molecule has 5 rings (SSSR count). The Morgan fingerprint density at radius 3 is 1.94 bits per heavy atom. The molecule has 3 aromatic rings. The molecule has 0 unspecified atom stereocenters. The summed E-state index contributed by atoms with van der Waals surface area (Å²) in [6.45, 7) is 10.4. The van der Waals surface area contributed by atoms with Crippen molar-refractivity contribution in [3.8, 4) is 11.1 Å². The zero-order chi connectivity index (χ0) is 22.1. The van der Waals surface area contributed by atoms with Gasteiger partial charge in [-0.25, -0.2) is 0 Å². The molecular weight excluding hydrogens is 534 g/mol. The Bertz CT molecular complexity index is 1260. The number of rotatable bonds is 6. The molecule has 2 aliphatic carbocycles. The van der Waals surface area contributed by atoms with E-state index >= 15 is 0 Å². The third-order valence-electron chi connectivity index (χ3n) is 6.75.